The average molecular weight is 239 g/mol. The summed E-state index contributed by atoms with van der Waals surface area (Å²) in [6.45, 7) is 2.64. The van der Waals surface area contributed by atoms with Crippen molar-refractivity contribution in [3.8, 4) is 0 Å². The van der Waals surface area contributed by atoms with Crippen LogP contribution in [0.1, 0.15) is 6.92 Å². The normalized spacial score (nSPS) is 13.0. The van der Waals surface area contributed by atoms with Gasteiger partial charge in [-0.25, -0.2) is 0 Å². The van der Waals surface area contributed by atoms with E-state index in [1.165, 1.54) is 0 Å². The first kappa shape index (κ1) is 11.2. The highest BCUT2D eigenvalue weighted by Gasteiger charge is 2.08. The molecule has 0 saturated carbocycles. The quantitative estimate of drug-likeness (QED) is 0.860. The van der Waals surface area contributed by atoms with Gasteiger partial charge in [0.1, 0.15) is 0 Å². The van der Waals surface area contributed by atoms with Crippen LogP contribution in [0, 0.1) is 0 Å². The third kappa shape index (κ3) is 2.13. The van der Waals surface area contributed by atoms with Gasteiger partial charge < -0.3 is 11.1 Å². The van der Waals surface area contributed by atoms with Gasteiger partial charge in [-0.2, -0.15) is 5.10 Å². The van der Waals surface area contributed by atoms with Crippen LogP contribution in [0.5, 0.6) is 0 Å². The minimum Gasteiger partial charge on any atom is -0.367 e. The van der Waals surface area contributed by atoms with E-state index in [0.717, 1.165) is 16.7 Å². The molecule has 0 aliphatic carbocycles. The van der Waals surface area contributed by atoms with Crippen molar-refractivity contribution in [2.24, 2.45) is 12.8 Å². The molecule has 1 aromatic heterocycles. The molecule has 0 fully saturated rings. The molecule has 1 heterocycles. The summed E-state index contributed by atoms with van der Waals surface area (Å²) < 4.78 is 1.83. The Morgan fingerprint density at radius 2 is 2.31 bits per heavy atom. The summed E-state index contributed by atoms with van der Waals surface area (Å²) in [5.74, 6) is 0.831. The van der Waals surface area contributed by atoms with E-state index in [-0.39, 0.29) is 6.04 Å². The Balaban J connectivity index is 2.41. The molecule has 2 rings (SSSR count). The summed E-state index contributed by atoms with van der Waals surface area (Å²) >= 11 is 5.97. The fourth-order valence-electron chi connectivity index (χ4n) is 1.63. The number of hydrogen-bond donors (Lipinski definition) is 2. The van der Waals surface area contributed by atoms with E-state index in [4.69, 9.17) is 17.3 Å². The molecular weight excluding hydrogens is 224 g/mol. The second-order valence-corrected chi connectivity index (χ2v) is 4.43. The summed E-state index contributed by atoms with van der Waals surface area (Å²) in [5, 5.41) is 9.35. The van der Waals surface area contributed by atoms with E-state index >= 15 is 0 Å². The number of hydrogen-bond acceptors (Lipinski definition) is 3. The van der Waals surface area contributed by atoms with Crippen LogP contribution in [-0.4, -0.2) is 22.4 Å². The van der Waals surface area contributed by atoms with Crippen molar-refractivity contribution >= 4 is 28.3 Å². The fraction of sp³-hybridized carbons (Fsp3) is 0.364. The van der Waals surface area contributed by atoms with Gasteiger partial charge in [0.2, 0.25) is 0 Å². The molecule has 0 aliphatic heterocycles. The van der Waals surface area contributed by atoms with E-state index in [9.17, 15) is 0 Å². The topological polar surface area (TPSA) is 55.9 Å². The predicted molar refractivity (Wildman–Crippen MR) is 67.9 cm³/mol. The summed E-state index contributed by atoms with van der Waals surface area (Å²) in [7, 11) is 1.91. The standard InChI is InChI=1S/C11H15ClN4/c1-7(13)6-14-11-9-5-8(12)3-4-10(9)16(2)15-11/h3-5,7H,6,13H2,1-2H3,(H,14,15). The highest BCUT2D eigenvalue weighted by atomic mass is 35.5. The molecule has 4 nitrogen and oxygen atoms in total. The van der Waals surface area contributed by atoms with Crippen LogP contribution < -0.4 is 11.1 Å². The molecule has 3 N–H and O–H groups in total. The molecule has 16 heavy (non-hydrogen) atoms. The second-order valence-electron chi connectivity index (χ2n) is 3.99. The molecule has 2 aromatic rings. The highest BCUT2D eigenvalue weighted by molar-refractivity contribution is 6.31. The fourth-order valence-corrected chi connectivity index (χ4v) is 1.80. The molecular formula is C11H15ClN4. The molecule has 1 unspecified atom stereocenters. The van der Waals surface area contributed by atoms with Gasteiger partial charge >= 0.3 is 0 Å². The molecule has 1 atom stereocenters. The minimum absolute atomic E-state index is 0.0937. The molecule has 86 valence electrons. The molecule has 0 radical (unpaired) electrons. The summed E-state index contributed by atoms with van der Waals surface area (Å²) in [6, 6.07) is 5.83. The lowest BCUT2D eigenvalue weighted by atomic mass is 10.2. The van der Waals surface area contributed by atoms with Crippen LogP contribution in [0.3, 0.4) is 0 Å². The third-order valence-electron chi connectivity index (χ3n) is 2.40. The monoisotopic (exact) mass is 238 g/mol. The second kappa shape index (κ2) is 4.31. The lowest BCUT2D eigenvalue weighted by Crippen LogP contribution is -2.25. The maximum Gasteiger partial charge on any atom is 0.156 e. The lowest BCUT2D eigenvalue weighted by Gasteiger charge is -2.06. The van der Waals surface area contributed by atoms with Gasteiger partial charge in [0.05, 0.1) is 5.52 Å². The van der Waals surface area contributed by atoms with Gasteiger partial charge in [-0.05, 0) is 25.1 Å². The maximum atomic E-state index is 5.97. The van der Waals surface area contributed by atoms with Crippen molar-refractivity contribution < 1.29 is 0 Å². The zero-order valence-electron chi connectivity index (χ0n) is 9.37. The minimum atomic E-state index is 0.0937. The van der Waals surface area contributed by atoms with E-state index in [1.807, 2.05) is 36.9 Å². The first-order valence-electron chi connectivity index (χ1n) is 5.19. The van der Waals surface area contributed by atoms with Crippen molar-refractivity contribution in [3.63, 3.8) is 0 Å². The van der Waals surface area contributed by atoms with Crippen molar-refractivity contribution in [2.45, 2.75) is 13.0 Å². The summed E-state index contributed by atoms with van der Waals surface area (Å²) in [5.41, 5.74) is 6.75. The zero-order valence-corrected chi connectivity index (χ0v) is 10.1. The number of anilines is 1. The predicted octanol–water partition coefficient (Wildman–Crippen LogP) is 1.99. The number of aryl methyl sites for hydroxylation is 1. The number of fused-ring (bicyclic) bond motifs is 1. The van der Waals surface area contributed by atoms with Gasteiger partial charge in [0.25, 0.3) is 0 Å². The van der Waals surface area contributed by atoms with Gasteiger partial charge in [-0.15, -0.1) is 0 Å². The Labute approximate surface area is 99.4 Å². The molecule has 0 amide bonds. The summed E-state index contributed by atoms with van der Waals surface area (Å²) in [4.78, 5) is 0. The Bertz CT molecular complexity index is 504. The number of rotatable bonds is 3. The Morgan fingerprint density at radius 1 is 1.56 bits per heavy atom. The van der Waals surface area contributed by atoms with Crippen molar-refractivity contribution in [1.29, 1.82) is 0 Å². The Hall–Kier alpha value is -1.26. The van der Waals surface area contributed by atoms with Gasteiger partial charge in [-0.3, -0.25) is 4.68 Å². The van der Waals surface area contributed by atoms with Crippen LogP contribution in [-0.2, 0) is 7.05 Å². The van der Waals surface area contributed by atoms with Crippen LogP contribution in [0.2, 0.25) is 5.02 Å². The smallest absolute Gasteiger partial charge is 0.156 e. The van der Waals surface area contributed by atoms with Crippen LogP contribution >= 0.6 is 11.6 Å². The van der Waals surface area contributed by atoms with Gasteiger partial charge in [0, 0.05) is 30.0 Å². The lowest BCUT2D eigenvalue weighted by molar-refractivity contribution is 0.761. The average Bonchev–Trinajstić information content (AvgIpc) is 2.52. The molecule has 0 saturated heterocycles. The Kier molecular flexibility index (Phi) is 3.03. The van der Waals surface area contributed by atoms with Crippen molar-refractivity contribution in [2.75, 3.05) is 11.9 Å². The number of halogens is 1. The maximum absolute atomic E-state index is 5.97. The van der Waals surface area contributed by atoms with Gasteiger partial charge in [-0.1, -0.05) is 11.6 Å². The number of nitrogens with two attached hydrogens (primary N) is 1. The van der Waals surface area contributed by atoms with Crippen LogP contribution in [0.15, 0.2) is 18.2 Å². The van der Waals surface area contributed by atoms with Crippen LogP contribution in [0.25, 0.3) is 10.9 Å². The number of nitrogens with zero attached hydrogens (tertiary/aromatic N) is 2. The molecule has 0 spiro atoms. The van der Waals surface area contributed by atoms with E-state index in [0.29, 0.717) is 11.6 Å². The van der Waals surface area contributed by atoms with Crippen molar-refractivity contribution in [3.05, 3.63) is 23.2 Å². The van der Waals surface area contributed by atoms with E-state index < -0.39 is 0 Å². The van der Waals surface area contributed by atoms with E-state index in [1.54, 1.807) is 0 Å². The van der Waals surface area contributed by atoms with E-state index in [2.05, 4.69) is 10.4 Å². The number of benzene rings is 1. The molecule has 1 aromatic carbocycles. The summed E-state index contributed by atoms with van der Waals surface area (Å²) in [6.07, 6.45) is 0. The molecule has 0 aliphatic rings. The number of aromatic nitrogens is 2. The van der Waals surface area contributed by atoms with Crippen LogP contribution in [0.4, 0.5) is 5.82 Å². The molecule has 5 heteroatoms. The largest absolute Gasteiger partial charge is 0.367 e. The zero-order chi connectivity index (χ0) is 11.7. The SMILES string of the molecule is CC(N)CNc1nn(C)c2ccc(Cl)cc12. The Morgan fingerprint density at radius 3 is 3.00 bits per heavy atom. The third-order valence-corrected chi connectivity index (χ3v) is 2.64. The van der Waals surface area contributed by atoms with Crippen molar-refractivity contribution in [1.82, 2.24) is 9.78 Å². The molecule has 0 bridgehead atoms. The van der Waals surface area contributed by atoms with Gasteiger partial charge in [0.15, 0.2) is 5.82 Å². The highest BCUT2D eigenvalue weighted by Crippen LogP contribution is 2.25. The first-order valence-corrected chi connectivity index (χ1v) is 5.57. The first-order chi connectivity index (χ1) is 7.58. The number of nitrogens with one attached hydrogen (secondary N) is 1.